The number of alkyl halides is 3. The lowest BCUT2D eigenvalue weighted by atomic mass is 10.1. The molecule has 0 saturated heterocycles. The lowest BCUT2D eigenvalue weighted by Gasteiger charge is -2.16. The van der Waals surface area contributed by atoms with Crippen LogP contribution >= 0.6 is 0 Å². The number of nitrogens with one attached hydrogen (secondary N) is 1. The highest BCUT2D eigenvalue weighted by Gasteiger charge is 2.31. The van der Waals surface area contributed by atoms with Crippen molar-refractivity contribution in [1.82, 2.24) is 9.78 Å². The molecule has 3 rings (SSSR count). The number of hydrogen-bond acceptors (Lipinski definition) is 4. The van der Waals surface area contributed by atoms with E-state index in [2.05, 4.69) is 10.4 Å². The molecule has 0 aliphatic carbocycles. The zero-order valence-corrected chi connectivity index (χ0v) is 18.7. The molecule has 170 valence electrons. The van der Waals surface area contributed by atoms with Crippen LogP contribution in [0.15, 0.2) is 53.4 Å². The Bertz CT molecular complexity index is 1260. The third-order valence-corrected chi connectivity index (χ3v) is 7.05. The summed E-state index contributed by atoms with van der Waals surface area (Å²) >= 11 is 0. The molecular weight excluding hydrogens is 443 g/mol. The molecule has 0 saturated carbocycles. The molecule has 0 radical (unpaired) electrons. The van der Waals surface area contributed by atoms with Crippen LogP contribution in [0.3, 0.4) is 0 Å². The molecule has 0 aliphatic heterocycles. The summed E-state index contributed by atoms with van der Waals surface area (Å²) in [6.07, 6.45) is -4.60. The van der Waals surface area contributed by atoms with Crippen molar-refractivity contribution in [1.29, 1.82) is 0 Å². The van der Waals surface area contributed by atoms with Crippen LogP contribution in [0.25, 0.3) is 5.69 Å². The molecule has 0 spiro atoms. The number of hydrogen-bond donors (Lipinski definition) is 1. The number of carbonyl (C=O) groups excluding carboxylic acids is 1. The molecule has 6 nitrogen and oxygen atoms in total. The second kappa shape index (κ2) is 8.42. The fourth-order valence-electron chi connectivity index (χ4n) is 3.13. The molecule has 10 heteroatoms. The number of nitrogens with zero attached hydrogens (tertiary/aromatic N) is 2. The molecule has 1 aromatic heterocycles. The molecule has 32 heavy (non-hydrogen) atoms. The van der Waals surface area contributed by atoms with Crippen molar-refractivity contribution >= 4 is 21.4 Å². The predicted octanol–water partition coefficient (Wildman–Crippen LogP) is 4.94. The maximum absolute atomic E-state index is 13.3. The molecule has 0 fully saturated rings. The van der Waals surface area contributed by atoms with Gasteiger partial charge in [-0.25, -0.2) is 13.1 Å². The van der Waals surface area contributed by atoms with Crippen LogP contribution in [0.4, 0.5) is 18.9 Å². The molecule has 3 aromatic rings. The van der Waals surface area contributed by atoms with Crippen LogP contribution in [0.1, 0.15) is 41.2 Å². The number of amides is 1. The molecule has 0 atom stereocenters. The normalized spacial score (nSPS) is 12.2. The molecule has 0 unspecified atom stereocenters. The Kier molecular flexibility index (Phi) is 6.19. The molecule has 1 N–H and O–H groups in total. The van der Waals surface area contributed by atoms with E-state index in [1.807, 2.05) is 0 Å². The van der Waals surface area contributed by atoms with Gasteiger partial charge in [0.25, 0.3) is 5.91 Å². The van der Waals surface area contributed by atoms with E-state index in [0.29, 0.717) is 11.4 Å². The van der Waals surface area contributed by atoms with Gasteiger partial charge in [0.15, 0.2) is 9.84 Å². The number of sulfone groups is 1. The summed E-state index contributed by atoms with van der Waals surface area (Å²) in [6, 6.07) is 10.0. The minimum absolute atomic E-state index is 0.0615. The summed E-state index contributed by atoms with van der Waals surface area (Å²) in [5.41, 5.74) is 0.731. The Balaban J connectivity index is 2.00. The van der Waals surface area contributed by atoms with Gasteiger partial charge in [-0.2, -0.15) is 18.3 Å². The van der Waals surface area contributed by atoms with Gasteiger partial charge >= 0.3 is 6.18 Å². The van der Waals surface area contributed by atoms with Gasteiger partial charge < -0.3 is 5.32 Å². The highest BCUT2D eigenvalue weighted by Crippen LogP contribution is 2.34. The van der Waals surface area contributed by atoms with E-state index >= 15 is 0 Å². The zero-order valence-electron chi connectivity index (χ0n) is 17.9. The first-order valence-electron chi connectivity index (χ1n) is 9.71. The first kappa shape index (κ1) is 23.5. The van der Waals surface area contributed by atoms with E-state index in [9.17, 15) is 26.4 Å². The van der Waals surface area contributed by atoms with Gasteiger partial charge in [0.1, 0.15) is 0 Å². The van der Waals surface area contributed by atoms with Gasteiger partial charge in [0.05, 0.1) is 32.8 Å². The van der Waals surface area contributed by atoms with Crippen molar-refractivity contribution < 1.29 is 26.4 Å². The van der Waals surface area contributed by atoms with Crippen LogP contribution < -0.4 is 5.32 Å². The summed E-state index contributed by atoms with van der Waals surface area (Å²) in [5, 5.41) is 6.16. The Morgan fingerprint density at radius 1 is 1.03 bits per heavy atom. The van der Waals surface area contributed by atoms with Crippen molar-refractivity contribution in [2.24, 2.45) is 0 Å². The number of halogens is 3. The molecule has 0 aliphatic rings. The number of benzene rings is 2. The van der Waals surface area contributed by atoms with Crippen LogP contribution in [0.2, 0.25) is 0 Å². The van der Waals surface area contributed by atoms with Crippen LogP contribution in [0.5, 0.6) is 0 Å². The predicted molar refractivity (Wildman–Crippen MR) is 115 cm³/mol. The Hall–Kier alpha value is -3.14. The third kappa shape index (κ3) is 4.69. The summed E-state index contributed by atoms with van der Waals surface area (Å²) in [4.78, 5) is 12.8. The van der Waals surface area contributed by atoms with Crippen LogP contribution in [-0.2, 0) is 16.0 Å². The molecule has 1 amide bonds. The fraction of sp³-hybridized carbons (Fsp3) is 0.273. The van der Waals surface area contributed by atoms with Crippen LogP contribution in [0, 0.1) is 13.8 Å². The number of aromatic nitrogens is 2. The Labute approximate surface area is 184 Å². The van der Waals surface area contributed by atoms with Crippen molar-refractivity contribution in [3.63, 3.8) is 0 Å². The van der Waals surface area contributed by atoms with Gasteiger partial charge in [-0.3, -0.25) is 4.79 Å². The van der Waals surface area contributed by atoms with Crippen molar-refractivity contribution in [3.8, 4) is 5.69 Å². The highest BCUT2D eigenvalue weighted by atomic mass is 32.2. The van der Waals surface area contributed by atoms with E-state index in [0.717, 1.165) is 12.1 Å². The van der Waals surface area contributed by atoms with Gasteiger partial charge in [-0.1, -0.05) is 0 Å². The summed E-state index contributed by atoms with van der Waals surface area (Å²) in [7, 11) is -3.51. The molecule has 1 heterocycles. The minimum atomic E-state index is -4.60. The maximum atomic E-state index is 13.3. The lowest BCUT2D eigenvalue weighted by Crippen LogP contribution is -2.17. The summed E-state index contributed by atoms with van der Waals surface area (Å²) in [5.74, 6) is -0.680. The number of aryl methyl sites for hydroxylation is 2. The maximum Gasteiger partial charge on any atom is 0.416 e. The topological polar surface area (TPSA) is 81.1 Å². The largest absolute Gasteiger partial charge is 0.416 e. The van der Waals surface area contributed by atoms with Gasteiger partial charge in [0, 0.05) is 11.3 Å². The van der Waals surface area contributed by atoms with E-state index in [1.165, 1.54) is 35.0 Å². The SMILES string of the molecule is Cc1cc(C)n(-c2ccc(C(F)(F)F)cc2NC(=O)c2ccc(S(=O)(=O)C(C)C)cc2)n1. The first-order valence-corrected chi connectivity index (χ1v) is 11.3. The number of rotatable bonds is 5. The second-order valence-corrected chi connectivity index (χ2v) is 10.1. The van der Waals surface area contributed by atoms with Gasteiger partial charge in [-0.05, 0) is 76.2 Å². The van der Waals surface area contributed by atoms with E-state index < -0.39 is 32.7 Å². The smallest absolute Gasteiger partial charge is 0.320 e. The first-order chi connectivity index (χ1) is 14.8. The quantitative estimate of drug-likeness (QED) is 0.579. The third-order valence-electron chi connectivity index (χ3n) is 4.88. The second-order valence-electron chi connectivity index (χ2n) is 7.64. The van der Waals surface area contributed by atoms with Crippen molar-refractivity contribution in [3.05, 3.63) is 71.0 Å². The van der Waals surface area contributed by atoms with E-state index in [-0.39, 0.29) is 21.8 Å². The lowest BCUT2D eigenvalue weighted by molar-refractivity contribution is -0.137. The van der Waals surface area contributed by atoms with Gasteiger partial charge in [0.2, 0.25) is 0 Å². The zero-order chi connectivity index (χ0) is 23.8. The van der Waals surface area contributed by atoms with Crippen molar-refractivity contribution in [2.75, 3.05) is 5.32 Å². The van der Waals surface area contributed by atoms with E-state index in [1.54, 1.807) is 33.8 Å². The standard InChI is InChI=1S/C22H22F3N3O3S/c1-13(2)32(30,31)18-8-5-16(6-9-18)21(29)26-19-12-17(22(23,24)25)7-10-20(19)28-15(4)11-14(3)27-28/h5-13H,1-4H3,(H,26,29). The fourth-order valence-corrected chi connectivity index (χ4v) is 4.19. The summed E-state index contributed by atoms with van der Waals surface area (Å²) in [6.45, 7) is 6.59. The number of anilines is 1. The minimum Gasteiger partial charge on any atom is -0.320 e. The number of carbonyl (C=O) groups is 1. The van der Waals surface area contributed by atoms with Gasteiger partial charge in [-0.15, -0.1) is 0 Å². The monoisotopic (exact) mass is 465 g/mol. The van der Waals surface area contributed by atoms with Crippen molar-refractivity contribution in [2.45, 2.75) is 44.0 Å². The average Bonchev–Trinajstić information content (AvgIpc) is 3.05. The highest BCUT2D eigenvalue weighted by molar-refractivity contribution is 7.92. The molecular formula is C22H22F3N3O3S. The Morgan fingerprint density at radius 2 is 1.66 bits per heavy atom. The molecule has 0 bridgehead atoms. The van der Waals surface area contributed by atoms with Crippen LogP contribution in [-0.4, -0.2) is 29.4 Å². The molecule has 2 aromatic carbocycles. The summed E-state index contributed by atoms with van der Waals surface area (Å²) < 4.78 is 65.8. The Morgan fingerprint density at radius 3 is 2.16 bits per heavy atom. The van der Waals surface area contributed by atoms with E-state index in [4.69, 9.17) is 0 Å². The average molecular weight is 465 g/mol.